The van der Waals surface area contributed by atoms with Crippen LogP contribution in [0.4, 0.5) is 0 Å². The summed E-state index contributed by atoms with van der Waals surface area (Å²) < 4.78 is 4.70. The molecule has 0 radical (unpaired) electrons. The first kappa shape index (κ1) is 17.0. The van der Waals surface area contributed by atoms with Crippen LogP contribution in [-0.4, -0.2) is 36.5 Å². The maximum atomic E-state index is 12.3. The van der Waals surface area contributed by atoms with Crippen molar-refractivity contribution < 1.29 is 14.3 Å². The van der Waals surface area contributed by atoms with Crippen molar-refractivity contribution in [2.45, 2.75) is 77.2 Å². The van der Waals surface area contributed by atoms with Gasteiger partial charge in [0, 0.05) is 19.0 Å². The van der Waals surface area contributed by atoms with Gasteiger partial charge < -0.3 is 9.64 Å². The van der Waals surface area contributed by atoms with Crippen molar-refractivity contribution in [2.24, 2.45) is 0 Å². The van der Waals surface area contributed by atoms with Crippen LogP contribution >= 0.6 is 0 Å². The Kier molecular flexibility index (Phi) is 8.31. The Balaban J connectivity index is 2.62. The third-order valence-electron chi connectivity index (χ3n) is 4.08. The first-order valence-electron chi connectivity index (χ1n) is 8.05. The monoisotopic (exact) mass is 283 g/mol. The molecule has 0 aliphatic heterocycles. The highest BCUT2D eigenvalue weighted by molar-refractivity contribution is 5.77. The van der Waals surface area contributed by atoms with E-state index in [0.717, 1.165) is 19.3 Å². The van der Waals surface area contributed by atoms with Crippen molar-refractivity contribution in [1.82, 2.24) is 4.90 Å². The molecule has 0 aromatic carbocycles. The molecule has 1 fully saturated rings. The SMILES string of the molecule is CCCC(=O)N(CCC(=O)OC)C1CCCCCCC1. The van der Waals surface area contributed by atoms with E-state index in [1.165, 1.54) is 39.2 Å². The van der Waals surface area contributed by atoms with E-state index in [0.29, 0.717) is 25.4 Å². The summed E-state index contributed by atoms with van der Waals surface area (Å²) in [5, 5.41) is 0. The number of methoxy groups -OCH3 is 1. The van der Waals surface area contributed by atoms with Crippen molar-refractivity contribution in [1.29, 1.82) is 0 Å². The molecular formula is C16H29NO3. The number of esters is 1. The molecule has 4 heteroatoms. The summed E-state index contributed by atoms with van der Waals surface area (Å²) in [6.45, 7) is 2.53. The summed E-state index contributed by atoms with van der Waals surface area (Å²) in [7, 11) is 1.40. The Morgan fingerprint density at radius 1 is 1.05 bits per heavy atom. The van der Waals surface area contributed by atoms with Gasteiger partial charge in [-0.05, 0) is 19.3 Å². The molecule has 116 valence electrons. The van der Waals surface area contributed by atoms with Crippen LogP contribution in [0.1, 0.15) is 71.1 Å². The van der Waals surface area contributed by atoms with E-state index in [1.807, 2.05) is 11.8 Å². The highest BCUT2D eigenvalue weighted by Crippen LogP contribution is 2.22. The van der Waals surface area contributed by atoms with Crippen LogP contribution in [0, 0.1) is 0 Å². The van der Waals surface area contributed by atoms with Crippen LogP contribution in [0.3, 0.4) is 0 Å². The Morgan fingerprint density at radius 2 is 1.65 bits per heavy atom. The van der Waals surface area contributed by atoms with E-state index in [2.05, 4.69) is 0 Å². The van der Waals surface area contributed by atoms with E-state index >= 15 is 0 Å². The van der Waals surface area contributed by atoms with Crippen molar-refractivity contribution in [3.05, 3.63) is 0 Å². The molecule has 0 atom stereocenters. The highest BCUT2D eigenvalue weighted by Gasteiger charge is 2.24. The standard InChI is InChI=1S/C16H29NO3/c1-3-9-15(18)17(13-12-16(19)20-2)14-10-7-5-4-6-8-11-14/h14H,3-13H2,1-2H3. The number of carbonyl (C=O) groups is 2. The molecule has 1 rings (SSSR count). The molecule has 4 nitrogen and oxygen atoms in total. The number of rotatable bonds is 6. The molecule has 1 saturated carbocycles. The van der Waals surface area contributed by atoms with Gasteiger partial charge in [0.1, 0.15) is 0 Å². The van der Waals surface area contributed by atoms with Gasteiger partial charge in [0.05, 0.1) is 13.5 Å². The first-order valence-corrected chi connectivity index (χ1v) is 8.05. The predicted octanol–water partition coefficient (Wildman–Crippen LogP) is 3.29. The minimum absolute atomic E-state index is 0.196. The Bertz CT molecular complexity index is 296. The summed E-state index contributed by atoms with van der Waals surface area (Å²) in [5.74, 6) is -0.0351. The predicted molar refractivity (Wildman–Crippen MR) is 79.4 cm³/mol. The molecule has 0 bridgehead atoms. The fourth-order valence-corrected chi connectivity index (χ4v) is 2.93. The maximum absolute atomic E-state index is 12.3. The minimum atomic E-state index is -0.231. The molecule has 0 aromatic heterocycles. The van der Waals surface area contributed by atoms with Gasteiger partial charge in [0.2, 0.25) is 5.91 Å². The molecule has 1 aliphatic carbocycles. The summed E-state index contributed by atoms with van der Waals surface area (Å²) in [5.41, 5.74) is 0. The van der Waals surface area contributed by atoms with E-state index in [9.17, 15) is 9.59 Å². The zero-order valence-electron chi connectivity index (χ0n) is 13.0. The van der Waals surface area contributed by atoms with Crippen LogP contribution in [0.2, 0.25) is 0 Å². The Labute approximate surface area is 122 Å². The second-order valence-corrected chi connectivity index (χ2v) is 5.66. The third kappa shape index (κ3) is 5.93. The molecule has 0 heterocycles. The Morgan fingerprint density at radius 3 is 2.20 bits per heavy atom. The number of hydrogen-bond donors (Lipinski definition) is 0. The zero-order chi connectivity index (χ0) is 14.8. The topological polar surface area (TPSA) is 46.6 Å². The van der Waals surface area contributed by atoms with Gasteiger partial charge in [-0.2, -0.15) is 0 Å². The number of nitrogens with zero attached hydrogens (tertiary/aromatic N) is 1. The van der Waals surface area contributed by atoms with E-state index in [4.69, 9.17) is 4.74 Å². The van der Waals surface area contributed by atoms with E-state index in [-0.39, 0.29) is 11.9 Å². The Hall–Kier alpha value is -1.06. The first-order chi connectivity index (χ1) is 9.69. The summed E-state index contributed by atoms with van der Waals surface area (Å²) in [4.78, 5) is 25.6. The van der Waals surface area contributed by atoms with Crippen LogP contribution in [0.5, 0.6) is 0 Å². The minimum Gasteiger partial charge on any atom is -0.469 e. The van der Waals surface area contributed by atoms with Crippen LogP contribution in [0.15, 0.2) is 0 Å². The lowest BCUT2D eigenvalue weighted by atomic mass is 9.95. The van der Waals surface area contributed by atoms with Crippen LogP contribution in [-0.2, 0) is 14.3 Å². The maximum Gasteiger partial charge on any atom is 0.307 e. The summed E-state index contributed by atoms with van der Waals surface area (Å²) in [6.07, 6.45) is 10.1. The van der Waals surface area contributed by atoms with Gasteiger partial charge >= 0.3 is 5.97 Å². The van der Waals surface area contributed by atoms with Gasteiger partial charge in [0.15, 0.2) is 0 Å². The molecular weight excluding hydrogens is 254 g/mol. The quantitative estimate of drug-likeness (QED) is 0.703. The van der Waals surface area contributed by atoms with Gasteiger partial charge in [0.25, 0.3) is 0 Å². The van der Waals surface area contributed by atoms with Crippen molar-refractivity contribution in [2.75, 3.05) is 13.7 Å². The van der Waals surface area contributed by atoms with E-state index < -0.39 is 0 Å². The number of amides is 1. The molecule has 0 aromatic rings. The second kappa shape index (κ2) is 9.78. The normalized spacial score (nSPS) is 17.1. The van der Waals surface area contributed by atoms with Gasteiger partial charge in [-0.25, -0.2) is 0 Å². The largest absolute Gasteiger partial charge is 0.469 e. The lowest BCUT2D eigenvalue weighted by molar-refractivity contribution is -0.142. The number of carbonyl (C=O) groups excluding carboxylic acids is 2. The average molecular weight is 283 g/mol. The van der Waals surface area contributed by atoms with Gasteiger partial charge in [-0.15, -0.1) is 0 Å². The summed E-state index contributed by atoms with van der Waals surface area (Å²) in [6, 6.07) is 0.319. The second-order valence-electron chi connectivity index (χ2n) is 5.66. The fourth-order valence-electron chi connectivity index (χ4n) is 2.93. The number of ether oxygens (including phenoxy) is 1. The van der Waals surface area contributed by atoms with Gasteiger partial charge in [-0.1, -0.05) is 39.0 Å². The lowest BCUT2D eigenvalue weighted by Crippen LogP contribution is -2.42. The fraction of sp³-hybridized carbons (Fsp3) is 0.875. The lowest BCUT2D eigenvalue weighted by Gasteiger charge is -2.33. The molecule has 0 spiro atoms. The van der Waals surface area contributed by atoms with E-state index in [1.54, 1.807) is 0 Å². The molecule has 20 heavy (non-hydrogen) atoms. The molecule has 1 amide bonds. The van der Waals surface area contributed by atoms with Crippen LogP contribution in [0.25, 0.3) is 0 Å². The molecule has 0 saturated heterocycles. The number of hydrogen-bond acceptors (Lipinski definition) is 3. The molecule has 0 N–H and O–H groups in total. The van der Waals surface area contributed by atoms with Crippen molar-refractivity contribution >= 4 is 11.9 Å². The van der Waals surface area contributed by atoms with Crippen molar-refractivity contribution in [3.63, 3.8) is 0 Å². The summed E-state index contributed by atoms with van der Waals surface area (Å²) >= 11 is 0. The third-order valence-corrected chi connectivity index (χ3v) is 4.08. The molecule has 1 aliphatic rings. The average Bonchev–Trinajstić information content (AvgIpc) is 2.40. The zero-order valence-corrected chi connectivity index (χ0v) is 13.0. The van der Waals surface area contributed by atoms with Gasteiger partial charge in [-0.3, -0.25) is 9.59 Å². The highest BCUT2D eigenvalue weighted by atomic mass is 16.5. The molecule has 0 unspecified atom stereocenters. The van der Waals surface area contributed by atoms with Crippen LogP contribution < -0.4 is 0 Å². The van der Waals surface area contributed by atoms with Crippen molar-refractivity contribution in [3.8, 4) is 0 Å². The smallest absolute Gasteiger partial charge is 0.307 e.